The van der Waals surface area contributed by atoms with Crippen molar-refractivity contribution in [3.8, 4) is 0 Å². The van der Waals surface area contributed by atoms with Crippen LogP contribution in [0.5, 0.6) is 0 Å². The minimum absolute atomic E-state index is 0.298. The first kappa shape index (κ1) is 17.0. The van der Waals surface area contributed by atoms with E-state index in [9.17, 15) is 0 Å². The van der Waals surface area contributed by atoms with Gasteiger partial charge in [0.25, 0.3) is 0 Å². The lowest BCUT2D eigenvalue weighted by molar-refractivity contribution is 0.193. The number of nitrogens with two attached hydrogens (primary N) is 1. The lowest BCUT2D eigenvalue weighted by atomic mass is 10.0. The van der Waals surface area contributed by atoms with Gasteiger partial charge in [-0.25, -0.2) is 4.98 Å². The molecule has 8 heteroatoms. The van der Waals surface area contributed by atoms with Crippen LogP contribution in [0.2, 0.25) is 5.02 Å². The first-order valence-electron chi connectivity index (χ1n) is 8.20. The Morgan fingerprint density at radius 2 is 2.25 bits per heavy atom. The Hall–Kier alpha value is -1.86. The van der Waals surface area contributed by atoms with Gasteiger partial charge in [-0.2, -0.15) is 10.1 Å². The molecule has 24 heavy (non-hydrogen) atoms. The molecule has 0 aliphatic carbocycles. The van der Waals surface area contributed by atoms with Gasteiger partial charge in [0.2, 0.25) is 5.95 Å². The summed E-state index contributed by atoms with van der Waals surface area (Å²) in [5, 5.41) is 8.49. The molecule has 0 aromatic carbocycles. The SMILES string of the molecule is Cc1nn(CCCNc2cc([C@@H]3CCOC3)nc(N)n2)c(C)c1Cl. The molecule has 0 saturated carbocycles. The van der Waals surface area contributed by atoms with Crippen LogP contribution in [0.15, 0.2) is 6.07 Å². The molecule has 1 saturated heterocycles. The number of nitrogen functional groups attached to an aromatic ring is 1. The molecule has 3 heterocycles. The lowest BCUT2D eigenvalue weighted by Gasteiger charge is -2.11. The number of aromatic nitrogens is 4. The summed E-state index contributed by atoms with van der Waals surface area (Å²) >= 11 is 6.16. The van der Waals surface area contributed by atoms with E-state index < -0.39 is 0 Å². The summed E-state index contributed by atoms with van der Waals surface area (Å²) in [5.74, 6) is 1.37. The standard InChI is InChI=1S/C16H23ClN6O/c1-10-15(17)11(2)23(22-10)6-3-5-19-14-8-13(20-16(18)21-14)12-4-7-24-9-12/h8,12H,3-7,9H2,1-2H3,(H3,18,19,20,21)/t12-/m1/s1. The topological polar surface area (TPSA) is 90.9 Å². The molecule has 3 rings (SSSR count). The number of nitrogens with zero attached hydrogens (tertiary/aromatic N) is 4. The molecule has 1 aliphatic rings. The second-order valence-corrected chi connectivity index (χ2v) is 6.46. The normalized spacial score (nSPS) is 17.4. The quantitative estimate of drug-likeness (QED) is 0.778. The van der Waals surface area contributed by atoms with Gasteiger partial charge < -0.3 is 15.8 Å². The van der Waals surface area contributed by atoms with Crippen molar-refractivity contribution in [2.75, 3.05) is 30.8 Å². The molecule has 0 spiro atoms. The Labute approximate surface area is 146 Å². The van der Waals surface area contributed by atoms with Crippen LogP contribution in [0.4, 0.5) is 11.8 Å². The number of nitrogens with one attached hydrogen (secondary N) is 1. The van der Waals surface area contributed by atoms with Gasteiger partial charge in [0, 0.05) is 31.7 Å². The maximum Gasteiger partial charge on any atom is 0.222 e. The summed E-state index contributed by atoms with van der Waals surface area (Å²) < 4.78 is 7.36. The van der Waals surface area contributed by atoms with Gasteiger partial charge in [-0.15, -0.1) is 0 Å². The summed E-state index contributed by atoms with van der Waals surface area (Å²) in [4.78, 5) is 8.59. The third kappa shape index (κ3) is 3.79. The molecule has 2 aromatic heterocycles. The molecule has 2 aromatic rings. The number of hydrogen-bond donors (Lipinski definition) is 2. The van der Waals surface area contributed by atoms with Gasteiger partial charge in [0.05, 0.1) is 28.7 Å². The van der Waals surface area contributed by atoms with Gasteiger partial charge in [-0.3, -0.25) is 4.68 Å². The summed E-state index contributed by atoms with van der Waals surface area (Å²) in [5.41, 5.74) is 8.65. The number of halogens is 1. The van der Waals surface area contributed by atoms with Crippen LogP contribution in [-0.2, 0) is 11.3 Å². The first-order valence-corrected chi connectivity index (χ1v) is 8.58. The van der Waals surface area contributed by atoms with Crippen molar-refractivity contribution in [2.24, 2.45) is 0 Å². The van der Waals surface area contributed by atoms with E-state index in [1.165, 1.54) is 0 Å². The van der Waals surface area contributed by atoms with E-state index >= 15 is 0 Å². The summed E-state index contributed by atoms with van der Waals surface area (Å²) in [6, 6.07) is 1.97. The molecule has 0 bridgehead atoms. The average molecular weight is 351 g/mol. The highest BCUT2D eigenvalue weighted by Crippen LogP contribution is 2.25. The highest BCUT2D eigenvalue weighted by molar-refractivity contribution is 6.31. The Balaban J connectivity index is 1.55. The number of rotatable bonds is 6. The fraction of sp³-hybridized carbons (Fsp3) is 0.562. The first-order chi connectivity index (χ1) is 11.5. The molecular formula is C16H23ClN6O. The van der Waals surface area contributed by atoms with Crippen LogP contribution in [0.3, 0.4) is 0 Å². The Morgan fingerprint density at radius 3 is 2.92 bits per heavy atom. The highest BCUT2D eigenvalue weighted by Gasteiger charge is 2.20. The fourth-order valence-electron chi connectivity index (χ4n) is 2.89. The van der Waals surface area contributed by atoms with Crippen LogP contribution in [0.25, 0.3) is 0 Å². The molecule has 1 aliphatic heterocycles. The summed E-state index contributed by atoms with van der Waals surface area (Å²) in [6.07, 6.45) is 1.89. The smallest absolute Gasteiger partial charge is 0.222 e. The predicted molar refractivity (Wildman–Crippen MR) is 94.4 cm³/mol. The van der Waals surface area contributed by atoms with Crippen molar-refractivity contribution in [3.63, 3.8) is 0 Å². The Morgan fingerprint density at radius 1 is 1.42 bits per heavy atom. The highest BCUT2D eigenvalue weighted by atomic mass is 35.5. The van der Waals surface area contributed by atoms with Gasteiger partial charge in [0.15, 0.2) is 0 Å². The molecule has 1 atom stereocenters. The Bertz CT molecular complexity index is 711. The van der Waals surface area contributed by atoms with E-state index in [2.05, 4.69) is 20.4 Å². The van der Waals surface area contributed by atoms with E-state index in [1.807, 2.05) is 24.6 Å². The van der Waals surface area contributed by atoms with Crippen LogP contribution >= 0.6 is 11.6 Å². The van der Waals surface area contributed by atoms with Gasteiger partial charge in [0.1, 0.15) is 5.82 Å². The number of aryl methyl sites for hydroxylation is 2. The zero-order valence-electron chi connectivity index (χ0n) is 14.0. The molecule has 1 fully saturated rings. The zero-order chi connectivity index (χ0) is 17.1. The number of hydrogen-bond acceptors (Lipinski definition) is 6. The molecular weight excluding hydrogens is 328 g/mol. The minimum Gasteiger partial charge on any atom is -0.381 e. The number of anilines is 2. The van der Waals surface area contributed by atoms with Gasteiger partial charge >= 0.3 is 0 Å². The summed E-state index contributed by atoms with van der Waals surface area (Å²) in [7, 11) is 0. The Kier molecular flexibility index (Phi) is 5.20. The van der Waals surface area contributed by atoms with Crippen molar-refractivity contribution < 1.29 is 4.74 Å². The van der Waals surface area contributed by atoms with Crippen molar-refractivity contribution in [2.45, 2.75) is 39.2 Å². The maximum atomic E-state index is 6.16. The third-order valence-electron chi connectivity index (χ3n) is 4.26. The monoisotopic (exact) mass is 350 g/mol. The van der Waals surface area contributed by atoms with E-state index in [-0.39, 0.29) is 0 Å². The maximum absolute atomic E-state index is 6.16. The van der Waals surface area contributed by atoms with Crippen molar-refractivity contribution in [1.29, 1.82) is 0 Å². The van der Waals surface area contributed by atoms with Crippen LogP contribution in [-0.4, -0.2) is 39.5 Å². The lowest BCUT2D eigenvalue weighted by Crippen LogP contribution is -2.12. The summed E-state index contributed by atoms with van der Waals surface area (Å²) in [6.45, 7) is 6.96. The molecule has 0 amide bonds. The van der Waals surface area contributed by atoms with E-state index in [0.29, 0.717) is 18.5 Å². The average Bonchev–Trinajstić information content (AvgIpc) is 3.17. The number of ether oxygens (including phenoxy) is 1. The van der Waals surface area contributed by atoms with Gasteiger partial charge in [-0.1, -0.05) is 11.6 Å². The molecule has 3 N–H and O–H groups in total. The largest absolute Gasteiger partial charge is 0.381 e. The molecule has 7 nitrogen and oxygen atoms in total. The van der Waals surface area contributed by atoms with Crippen molar-refractivity contribution >= 4 is 23.4 Å². The fourth-order valence-corrected chi connectivity index (χ4v) is 3.03. The molecule has 130 valence electrons. The van der Waals surface area contributed by atoms with E-state index in [4.69, 9.17) is 22.1 Å². The van der Waals surface area contributed by atoms with Gasteiger partial charge in [-0.05, 0) is 26.7 Å². The third-order valence-corrected chi connectivity index (χ3v) is 4.80. The molecule has 0 radical (unpaired) electrons. The van der Waals surface area contributed by atoms with Crippen LogP contribution in [0, 0.1) is 13.8 Å². The van der Waals surface area contributed by atoms with Crippen LogP contribution in [0.1, 0.15) is 35.8 Å². The zero-order valence-corrected chi connectivity index (χ0v) is 14.8. The second-order valence-electron chi connectivity index (χ2n) is 6.09. The second kappa shape index (κ2) is 7.36. The molecule has 0 unspecified atom stereocenters. The van der Waals surface area contributed by atoms with Crippen LogP contribution < -0.4 is 11.1 Å². The van der Waals surface area contributed by atoms with Crippen molar-refractivity contribution in [3.05, 3.63) is 28.2 Å². The minimum atomic E-state index is 0.298. The van der Waals surface area contributed by atoms with Crippen molar-refractivity contribution in [1.82, 2.24) is 19.7 Å². The predicted octanol–water partition coefficient (Wildman–Crippen LogP) is 2.53. The van der Waals surface area contributed by atoms with E-state index in [1.54, 1.807) is 0 Å². The van der Waals surface area contributed by atoms with E-state index in [0.717, 1.165) is 60.5 Å².